The molecule has 1 aromatic heterocycles. The number of hydrogen-bond acceptors (Lipinski definition) is 7. The molecule has 10 heteroatoms. The molecule has 2 fully saturated rings. The maximum Gasteiger partial charge on any atom is 0.410 e. The number of benzene rings is 1. The van der Waals surface area contributed by atoms with Crippen molar-refractivity contribution in [1.29, 1.82) is 0 Å². The standard InChI is InChI=1S/C22H26BrFN4O3S/c1-5-32-20-25-18-15(13-9-30-10-14(13)16(23)17(18)24)19(26-20)27-7-12-6-11(27)8-28(12)21(29)31-22(2,3)4/h11-12H,5-10H2,1-4H3/t11-,12-/m1/s1. The average Bonchev–Trinajstić information content (AvgIpc) is 3.45. The van der Waals surface area contributed by atoms with Crippen LogP contribution in [0.4, 0.5) is 15.0 Å². The molecule has 1 amide bonds. The van der Waals surface area contributed by atoms with E-state index in [1.165, 1.54) is 11.8 Å². The van der Waals surface area contributed by atoms with Gasteiger partial charge in [0.2, 0.25) is 0 Å². The third-order valence-corrected chi connectivity index (χ3v) is 7.66. The van der Waals surface area contributed by atoms with Crippen molar-refractivity contribution in [2.75, 3.05) is 23.7 Å². The highest BCUT2D eigenvalue weighted by Gasteiger charge is 2.48. The summed E-state index contributed by atoms with van der Waals surface area (Å²) in [4.78, 5) is 26.1. The van der Waals surface area contributed by atoms with E-state index < -0.39 is 5.60 Å². The minimum atomic E-state index is -0.529. The van der Waals surface area contributed by atoms with Crippen molar-refractivity contribution in [3.05, 3.63) is 21.4 Å². The third-order valence-electron chi connectivity index (χ3n) is 6.11. The molecular weight excluding hydrogens is 499 g/mol. The van der Waals surface area contributed by atoms with Crippen LogP contribution < -0.4 is 4.90 Å². The van der Waals surface area contributed by atoms with E-state index in [4.69, 9.17) is 14.5 Å². The zero-order valence-corrected chi connectivity index (χ0v) is 21.0. The maximum atomic E-state index is 15.4. The lowest BCUT2D eigenvalue weighted by molar-refractivity contribution is 0.0214. The number of halogens is 2. The highest BCUT2D eigenvalue weighted by Crippen LogP contribution is 2.44. The lowest BCUT2D eigenvalue weighted by Gasteiger charge is -2.36. The van der Waals surface area contributed by atoms with Crippen LogP contribution in [-0.2, 0) is 22.7 Å². The van der Waals surface area contributed by atoms with Crippen LogP contribution in [0.3, 0.4) is 0 Å². The topological polar surface area (TPSA) is 67.8 Å². The number of hydrogen-bond donors (Lipinski definition) is 0. The predicted octanol–water partition coefficient (Wildman–Crippen LogP) is 4.87. The van der Waals surface area contributed by atoms with E-state index in [1.807, 2.05) is 32.6 Å². The highest BCUT2D eigenvalue weighted by atomic mass is 79.9. The van der Waals surface area contributed by atoms with Crippen LogP contribution in [0.2, 0.25) is 0 Å². The van der Waals surface area contributed by atoms with Gasteiger partial charge < -0.3 is 19.3 Å². The van der Waals surface area contributed by atoms with Gasteiger partial charge in [-0.25, -0.2) is 19.2 Å². The smallest absolute Gasteiger partial charge is 0.410 e. The number of nitrogens with zero attached hydrogens (tertiary/aromatic N) is 4. The van der Waals surface area contributed by atoms with Gasteiger partial charge in [-0.2, -0.15) is 0 Å². The second-order valence-corrected chi connectivity index (χ2v) is 11.4. The molecule has 2 saturated heterocycles. The SMILES string of the molecule is CCSc1nc(N2C[C@H]3C[C@@H]2CN3C(=O)OC(C)(C)C)c2c3c(c(Br)c(F)c2n1)COC3. The first-order valence-corrected chi connectivity index (χ1v) is 12.6. The Morgan fingerprint density at radius 2 is 2.00 bits per heavy atom. The van der Waals surface area contributed by atoms with Gasteiger partial charge >= 0.3 is 6.09 Å². The molecule has 0 saturated carbocycles. The van der Waals surface area contributed by atoms with E-state index in [0.29, 0.717) is 41.4 Å². The molecule has 3 aliphatic rings. The van der Waals surface area contributed by atoms with Crippen molar-refractivity contribution in [2.24, 2.45) is 0 Å². The first-order chi connectivity index (χ1) is 15.2. The van der Waals surface area contributed by atoms with Gasteiger partial charge in [-0.1, -0.05) is 18.7 Å². The average molecular weight is 525 g/mol. The Morgan fingerprint density at radius 3 is 2.66 bits per heavy atom. The molecule has 0 radical (unpaired) electrons. The van der Waals surface area contributed by atoms with Gasteiger partial charge in [0, 0.05) is 18.7 Å². The highest BCUT2D eigenvalue weighted by molar-refractivity contribution is 9.10. The molecule has 1 aromatic carbocycles. The molecule has 7 nitrogen and oxygen atoms in total. The van der Waals surface area contributed by atoms with Gasteiger partial charge in [0.05, 0.1) is 35.2 Å². The first-order valence-electron chi connectivity index (χ1n) is 10.8. The second-order valence-electron chi connectivity index (χ2n) is 9.39. The third kappa shape index (κ3) is 3.64. The molecule has 0 unspecified atom stereocenters. The number of piperazine rings is 1. The number of ether oxygens (including phenoxy) is 2. The number of aromatic nitrogens is 2. The minimum absolute atomic E-state index is 0.0479. The number of likely N-dealkylation sites (tertiary alicyclic amines) is 1. The normalized spacial score (nSPS) is 22.2. The fourth-order valence-corrected chi connectivity index (χ4v) is 5.93. The lowest BCUT2D eigenvalue weighted by atomic mass is 10.0. The first kappa shape index (κ1) is 22.2. The van der Waals surface area contributed by atoms with Gasteiger partial charge in [0.1, 0.15) is 16.9 Å². The molecule has 2 bridgehead atoms. The molecule has 32 heavy (non-hydrogen) atoms. The summed E-state index contributed by atoms with van der Waals surface area (Å²) < 4.78 is 27.0. The number of anilines is 1. The van der Waals surface area contributed by atoms with E-state index in [0.717, 1.165) is 34.5 Å². The summed E-state index contributed by atoms with van der Waals surface area (Å²) in [5.74, 6) is 1.17. The molecule has 2 aromatic rings. The van der Waals surface area contributed by atoms with Crippen molar-refractivity contribution in [3.63, 3.8) is 0 Å². The monoisotopic (exact) mass is 524 g/mol. The Hall–Kier alpha value is -1.65. The van der Waals surface area contributed by atoms with Crippen molar-refractivity contribution >= 4 is 50.5 Å². The van der Waals surface area contributed by atoms with Crippen molar-refractivity contribution in [1.82, 2.24) is 14.9 Å². The summed E-state index contributed by atoms with van der Waals surface area (Å²) in [6, 6.07) is 0.154. The molecule has 3 aliphatic heterocycles. The summed E-state index contributed by atoms with van der Waals surface area (Å²) in [6.45, 7) is 9.64. The number of fused-ring (bicyclic) bond motifs is 5. The van der Waals surface area contributed by atoms with Crippen LogP contribution in [0.1, 0.15) is 45.2 Å². The Kier molecular flexibility index (Phi) is 5.53. The maximum absolute atomic E-state index is 15.4. The molecular formula is C22H26BrFN4O3S. The molecule has 172 valence electrons. The number of carbonyl (C=O) groups excluding carboxylic acids is 1. The van der Waals surface area contributed by atoms with Gasteiger partial charge in [-0.15, -0.1) is 0 Å². The van der Waals surface area contributed by atoms with E-state index in [-0.39, 0.29) is 24.0 Å². The fraction of sp³-hybridized carbons (Fsp3) is 0.591. The summed E-state index contributed by atoms with van der Waals surface area (Å²) in [5.41, 5.74) is 1.58. The number of carbonyl (C=O) groups is 1. The summed E-state index contributed by atoms with van der Waals surface area (Å²) >= 11 is 4.91. The summed E-state index contributed by atoms with van der Waals surface area (Å²) in [7, 11) is 0. The molecule has 0 N–H and O–H groups in total. The number of thioether (sulfide) groups is 1. The Bertz CT molecular complexity index is 1110. The number of amides is 1. The van der Waals surface area contributed by atoms with Gasteiger partial charge in [0.25, 0.3) is 0 Å². The van der Waals surface area contributed by atoms with E-state index >= 15 is 4.39 Å². The van der Waals surface area contributed by atoms with Gasteiger partial charge in [0.15, 0.2) is 11.0 Å². The lowest BCUT2D eigenvalue weighted by Crippen LogP contribution is -2.50. The molecule has 2 atom stereocenters. The Balaban J connectivity index is 1.55. The summed E-state index contributed by atoms with van der Waals surface area (Å²) in [6.07, 6.45) is 0.572. The quantitative estimate of drug-likeness (QED) is 0.419. The van der Waals surface area contributed by atoms with E-state index in [2.05, 4.69) is 25.8 Å². The second kappa shape index (κ2) is 7.99. The van der Waals surface area contributed by atoms with Crippen molar-refractivity contribution < 1.29 is 18.7 Å². The minimum Gasteiger partial charge on any atom is -0.444 e. The van der Waals surface area contributed by atoms with Crippen LogP contribution in [0.15, 0.2) is 9.63 Å². The zero-order valence-electron chi connectivity index (χ0n) is 18.6. The predicted molar refractivity (Wildman–Crippen MR) is 125 cm³/mol. The van der Waals surface area contributed by atoms with Crippen LogP contribution in [0, 0.1) is 5.82 Å². The zero-order chi connectivity index (χ0) is 22.8. The number of rotatable bonds is 3. The summed E-state index contributed by atoms with van der Waals surface area (Å²) in [5, 5.41) is 1.29. The molecule has 0 aliphatic carbocycles. The van der Waals surface area contributed by atoms with Crippen molar-refractivity contribution in [2.45, 2.75) is 70.2 Å². The van der Waals surface area contributed by atoms with E-state index in [1.54, 1.807) is 0 Å². The Morgan fingerprint density at radius 1 is 1.25 bits per heavy atom. The molecule has 0 spiro atoms. The van der Waals surface area contributed by atoms with Crippen LogP contribution >= 0.6 is 27.7 Å². The van der Waals surface area contributed by atoms with Gasteiger partial charge in [-0.3, -0.25) is 0 Å². The Labute approximate surface area is 199 Å². The molecule has 5 rings (SSSR count). The van der Waals surface area contributed by atoms with E-state index in [9.17, 15) is 4.79 Å². The van der Waals surface area contributed by atoms with Crippen molar-refractivity contribution in [3.8, 4) is 0 Å². The molecule has 4 heterocycles. The largest absolute Gasteiger partial charge is 0.444 e. The fourth-order valence-electron chi connectivity index (χ4n) is 4.82. The van der Waals surface area contributed by atoms with Crippen LogP contribution in [0.25, 0.3) is 10.9 Å². The van der Waals surface area contributed by atoms with Crippen LogP contribution in [0.5, 0.6) is 0 Å². The van der Waals surface area contributed by atoms with Gasteiger partial charge in [-0.05, 0) is 54.4 Å². The van der Waals surface area contributed by atoms with Crippen LogP contribution in [-0.4, -0.2) is 57.5 Å².